The molecular weight excluding hydrogens is 310 g/mol. The summed E-state index contributed by atoms with van der Waals surface area (Å²) in [6.07, 6.45) is 4.85. The fraction of sp³-hybridized carbons (Fsp3) is 0.350. The van der Waals surface area contributed by atoms with Crippen molar-refractivity contribution in [2.45, 2.75) is 38.5 Å². The number of rotatable bonds is 3. The zero-order valence-electron chi connectivity index (χ0n) is 13.6. The molecule has 1 aliphatic carbocycles. The van der Waals surface area contributed by atoms with Crippen LogP contribution in [0.5, 0.6) is 5.75 Å². The van der Waals surface area contributed by atoms with Crippen LogP contribution in [0.1, 0.15) is 54.4 Å². The van der Waals surface area contributed by atoms with Gasteiger partial charge in [0.1, 0.15) is 17.4 Å². The molecule has 0 amide bonds. The first kappa shape index (κ1) is 16.6. The lowest BCUT2D eigenvalue weighted by atomic mass is 9.79. The average Bonchev–Trinajstić information content (AvgIpc) is 2.55. The molecule has 126 valence electrons. The van der Waals surface area contributed by atoms with Gasteiger partial charge in [-0.2, -0.15) is 0 Å². The highest BCUT2D eigenvalue weighted by molar-refractivity contribution is 5.91. The van der Waals surface area contributed by atoms with Crippen LogP contribution in [0.25, 0.3) is 0 Å². The molecule has 1 saturated carbocycles. The van der Waals surface area contributed by atoms with Crippen LogP contribution >= 0.6 is 0 Å². The Hall–Kier alpha value is -2.23. The highest BCUT2D eigenvalue weighted by Crippen LogP contribution is 2.35. The van der Waals surface area contributed by atoms with E-state index in [1.165, 1.54) is 31.2 Å². The summed E-state index contributed by atoms with van der Waals surface area (Å²) in [5.41, 5.74) is 1.11. The fourth-order valence-electron chi connectivity index (χ4n) is 3.24. The van der Waals surface area contributed by atoms with Crippen molar-refractivity contribution in [3.05, 3.63) is 65.2 Å². The number of esters is 1. The lowest BCUT2D eigenvalue weighted by molar-refractivity contribution is 0.0733. The van der Waals surface area contributed by atoms with Crippen LogP contribution in [0.3, 0.4) is 0 Å². The standard InChI is InChI=1S/C20H20F2O2/c1-13-2-4-14(5-3-13)15-6-8-19(9-7-15)24-20(23)16-10-17(21)12-18(22)11-16/h6-14H,2-5H2,1H3. The second kappa shape index (κ2) is 7.12. The maximum Gasteiger partial charge on any atom is 0.343 e. The molecule has 2 nitrogen and oxygen atoms in total. The van der Waals surface area contributed by atoms with E-state index in [9.17, 15) is 13.6 Å². The molecule has 3 rings (SSSR count). The Kier molecular flexibility index (Phi) is 4.93. The number of hydrogen-bond acceptors (Lipinski definition) is 2. The van der Waals surface area contributed by atoms with Crippen LogP contribution in [0.2, 0.25) is 0 Å². The van der Waals surface area contributed by atoms with Gasteiger partial charge in [0.05, 0.1) is 5.56 Å². The first-order valence-corrected chi connectivity index (χ1v) is 8.29. The van der Waals surface area contributed by atoms with Gasteiger partial charge >= 0.3 is 5.97 Å². The number of hydrogen-bond donors (Lipinski definition) is 0. The van der Waals surface area contributed by atoms with Gasteiger partial charge in [-0.1, -0.05) is 31.9 Å². The van der Waals surface area contributed by atoms with E-state index < -0.39 is 17.6 Å². The van der Waals surface area contributed by atoms with E-state index in [0.29, 0.717) is 11.7 Å². The van der Waals surface area contributed by atoms with E-state index in [1.54, 1.807) is 12.1 Å². The van der Waals surface area contributed by atoms with Gasteiger partial charge in [-0.15, -0.1) is 0 Å². The van der Waals surface area contributed by atoms with Gasteiger partial charge in [-0.25, -0.2) is 13.6 Å². The fourth-order valence-corrected chi connectivity index (χ4v) is 3.24. The van der Waals surface area contributed by atoms with Crippen LogP contribution in [0, 0.1) is 17.6 Å². The molecule has 2 aromatic carbocycles. The Morgan fingerprint density at radius 1 is 0.958 bits per heavy atom. The number of halogens is 2. The molecule has 24 heavy (non-hydrogen) atoms. The minimum absolute atomic E-state index is 0.141. The molecule has 0 N–H and O–H groups in total. The molecular formula is C20H20F2O2. The third-order valence-corrected chi connectivity index (χ3v) is 4.68. The van der Waals surface area contributed by atoms with Crippen LogP contribution < -0.4 is 4.74 Å². The Bertz CT molecular complexity index is 697. The molecule has 0 aromatic heterocycles. The van der Waals surface area contributed by atoms with Crippen molar-refractivity contribution in [2.75, 3.05) is 0 Å². The summed E-state index contributed by atoms with van der Waals surface area (Å²) in [6.45, 7) is 2.29. The van der Waals surface area contributed by atoms with Crippen molar-refractivity contribution in [1.82, 2.24) is 0 Å². The van der Waals surface area contributed by atoms with Crippen molar-refractivity contribution < 1.29 is 18.3 Å². The lowest BCUT2D eigenvalue weighted by Crippen LogP contribution is -2.11. The van der Waals surface area contributed by atoms with Crippen LogP contribution in [0.4, 0.5) is 8.78 Å². The minimum atomic E-state index is -0.802. The monoisotopic (exact) mass is 330 g/mol. The number of benzene rings is 2. The third kappa shape index (κ3) is 3.99. The van der Waals surface area contributed by atoms with Crippen molar-refractivity contribution >= 4 is 5.97 Å². The van der Waals surface area contributed by atoms with E-state index in [-0.39, 0.29) is 5.56 Å². The van der Waals surface area contributed by atoms with Crippen LogP contribution in [0.15, 0.2) is 42.5 Å². The maximum atomic E-state index is 13.2. The predicted molar refractivity (Wildman–Crippen MR) is 88.1 cm³/mol. The molecule has 0 bridgehead atoms. The molecule has 0 aliphatic heterocycles. The Morgan fingerprint density at radius 3 is 2.12 bits per heavy atom. The second-order valence-electron chi connectivity index (χ2n) is 6.57. The van der Waals surface area contributed by atoms with Gasteiger partial charge in [0, 0.05) is 6.07 Å². The van der Waals surface area contributed by atoms with Crippen molar-refractivity contribution in [3.8, 4) is 5.75 Å². The molecule has 1 fully saturated rings. The molecule has 0 saturated heterocycles. The first-order valence-electron chi connectivity index (χ1n) is 8.29. The summed E-state index contributed by atoms with van der Waals surface area (Å²) in [6, 6.07) is 10.1. The van der Waals surface area contributed by atoms with Gasteiger partial charge in [0.2, 0.25) is 0 Å². The van der Waals surface area contributed by atoms with E-state index >= 15 is 0 Å². The minimum Gasteiger partial charge on any atom is -0.423 e. The number of carbonyl (C=O) groups is 1. The van der Waals surface area contributed by atoms with E-state index in [2.05, 4.69) is 6.92 Å². The quantitative estimate of drug-likeness (QED) is 0.550. The molecule has 0 radical (unpaired) electrons. The van der Waals surface area contributed by atoms with Gasteiger partial charge < -0.3 is 4.74 Å². The zero-order valence-corrected chi connectivity index (χ0v) is 13.6. The molecule has 2 aromatic rings. The van der Waals surface area contributed by atoms with Crippen molar-refractivity contribution in [3.63, 3.8) is 0 Å². The van der Waals surface area contributed by atoms with Gasteiger partial charge in [-0.05, 0) is 54.5 Å². The highest BCUT2D eigenvalue weighted by Gasteiger charge is 2.20. The second-order valence-corrected chi connectivity index (χ2v) is 6.57. The SMILES string of the molecule is CC1CCC(c2ccc(OC(=O)c3cc(F)cc(F)c3)cc2)CC1. The molecule has 1 aliphatic rings. The summed E-state index contributed by atoms with van der Waals surface area (Å²) >= 11 is 0. The molecule has 0 spiro atoms. The largest absolute Gasteiger partial charge is 0.423 e. The zero-order chi connectivity index (χ0) is 17.1. The van der Waals surface area contributed by atoms with Gasteiger partial charge in [-0.3, -0.25) is 0 Å². The summed E-state index contributed by atoms with van der Waals surface area (Å²) in [4.78, 5) is 12.0. The predicted octanol–water partition coefficient (Wildman–Crippen LogP) is 5.48. The maximum absolute atomic E-state index is 13.2. The summed E-state index contributed by atoms with van der Waals surface area (Å²) in [5, 5.41) is 0. The van der Waals surface area contributed by atoms with E-state index in [0.717, 1.165) is 24.1 Å². The molecule has 0 unspecified atom stereocenters. The molecule has 4 heteroatoms. The third-order valence-electron chi connectivity index (χ3n) is 4.68. The Labute approximate surface area is 140 Å². The summed E-state index contributed by atoms with van der Waals surface area (Å²) in [5.74, 6) is -0.644. The average molecular weight is 330 g/mol. The van der Waals surface area contributed by atoms with E-state index in [1.807, 2.05) is 12.1 Å². The topological polar surface area (TPSA) is 26.3 Å². The molecule has 0 atom stereocenters. The van der Waals surface area contributed by atoms with Crippen molar-refractivity contribution in [1.29, 1.82) is 0 Å². The van der Waals surface area contributed by atoms with Gasteiger partial charge in [0.25, 0.3) is 0 Å². The van der Waals surface area contributed by atoms with Crippen LogP contribution in [-0.2, 0) is 0 Å². The smallest absolute Gasteiger partial charge is 0.343 e. The highest BCUT2D eigenvalue weighted by atomic mass is 19.1. The lowest BCUT2D eigenvalue weighted by Gasteiger charge is -2.26. The number of ether oxygens (including phenoxy) is 1. The van der Waals surface area contributed by atoms with Gasteiger partial charge in [0.15, 0.2) is 0 Å². The Balaban J connectivity index is 1.66. The summed E-state index contributed by atoms with van der Waals surface area (Å²) in [7, 11) is 0. The number of carbonyl (C=O) groups excluding carboxylic acids is 1. The van der Waals surface area contributed by atoms with Crippen LogP contribution in [-0.4, -0.2) is 5.97 Å². The normalized spacial score (nSPS) is 20.6. The van der Waals surface area contributed by atoms with E-state index in [4.69, 9.17) is 4.74 Å². The van der Waals surface area contributed by atoms with Crippen molar-refractivity contribution in [2.24, 2.45) is 5.92 Å². The molecule has 0 heterocycles. The Morgan fingerprint density at radius 2 is 1.54 bits per heavy atom. The summed E-state index contributed by atoms with van der Waals surface area (Å²) < 4.78 is 31.5. The first-order chi connectivity index (χ1) is 11.5.